The second kappa shape index (κ2) is 9.13. The third-order valence-corrected chi connectivity index (χ3v) is 4.47. The minimum absolute atomic E-state index is 0.0539. The molecule has 0 saturated heterocycles. The molecule has 0 spiro atoms. The molecule has 0 unspecified atom stereocenters. The van der Waals surface area contributed by atoms with Crippen LogP contribution < -0.4 is 11.1 Å². The van der Waals surface area contributed by atoms with E-state index in [-0.39, 0.29) is 30.8 Å². The van der Waals surface area contributed by atoms with Crippen molar-refractivity contribution in [2.75, 3.05) is 11.1 Å². The van der Waals surface area contributed by atoms with E-state index in [1.165, 1.54) is 0 Å². The van der Waals surface area contributed by atoms with E-state index in [2.05, 4.69) is 32.3 Å². The van der Waals surface area contributed by atoms with Crippen molar-refractivity contribution in [2.24, 2.45) is 0 Å². The molecule has 0 amide bonds. The summed E-state index contributed by atoms with van der Waals surface area (Å²) in [5, 5.41) is 7.03. The van der Waals surface area contributed by atoms with E-state index in [1.54, 1.807) is 0 Å². The number of nitrogens with one attached hydrogen (secondary N) is 1. The highest BCUT2D eigenvalue weighted by Gasteiger charge is 2.13. The van der Waals surface area contributed by atoms with Gasteiger partial charge in [0.2, 0.25) is 11.9 Å². The van der Waals surface area contributed by atoms with Crippen LogP contribution >= 0.6 is 0 Å². The number of nitrogens with zero attached hydrogens (tertiary/aromatic N) is 4. The summed E-state index contributed by atoms with van der Waals surface area (Å²) in [6.07, 6.45) is 1.57. The number of hydrogen-bond acceptors (Lipinski definition) is 9. The summed E-state index contributed by atoms with van der Waals surface area (Å²) in [6, 6.07) is 7.86. The van der Waals surface area contributed by atoms with Gasteiger partial charge in [-0.25, -0.2) is 0 Å². The molecule has 2 aromatic heterocycles. The zero-order valence-corrected chi connectivity index (χ0v) is 16.7. The van der Waals surface area contributed by atoms with Gasteiger partial charge in [0.15, 0.2) is 12.4 Å². The van der Waals surface area contributed by atoms with Gasteiger partial charge in [0.05, 0.1) is 5.69 Å². The normalized spacial score (nSPS) is 10.7. The fourth-order valence-corrected chi connectivity index (χ4v) is 2.93. The van der Waals surface area contributed by atoms with Crippen LogP contribution in [0.2, 0.25) is 0 Å². The van der Waals surface area contributed by atoms with Gasteiger partial charge in [0.1, 0.15) is 5.76 Å². The molecule has 0 aliphatic rings. The Hall–Kier alpha value is -3.49. The quantitative estimate of drug-likeness (QED) is 0.552. The van der Waals surface area contributed by atoms with E-state index in [4.69, 9.17) is 15.0 Å². The number of hydrogen-bond donors (Lipinski definition) is 2. The number of aryl methyl sites for hydroxylation is 3. The largest absolute Gasteiger partial charge is 0.457 e. The summed E-state index contributed by atoms with van der Waals surface area (Å²) in [5.74, 6) is 0.983. The van der Waals surface area contributed by atoms with Crippen LogP contribution in [0.25, 0.3) is 0 Å². The molecule has 1 aromatic carbocycles. The first kappa shape index (κ1) is 20.2. The summed E-state index contributed by atoms with van der Waals surface area (Å²) < 4.78 is 10.4. The number of esters is 1. The van der Waals surface area contributed by atoms with Gasteiger partial charge in [0, 0.05) is 17.7 Å². The van der Waals surface area contributed by atoms with Crippen molar-refractivity contribution >= 4 is 23.6 Å². The molecule has 0 saturated carbocycles. The van der Waals surface area contributed by atoms with Crippen LogP contribution in [0.4, 0.5) is 17.6 Å². The van der Waals surface area contributed by atoms with Crippen molar-refractivity contribution in [3.63, 3.8) is 0 Å². The van der Waals surface area contributed by atoms with Crippen LogP contribution in [0.15, 0.2) is 28.8 Å². The lowest BCUT2D eigenvalue weighted by Gasteiger charge is -2.11. The number of nitrogens with two attached hydrogens (primary N) is 1. The number of carbonyl (C=O) groups excluding carboxylic acids is 1. The molecule has 3 rings (SSSR count). The van der Waals surface area contributed by atoms with Gasteiger partial charge >= 0.3 is 5.97 Å². The average molecular weight is 396 g/mol. The number of anilines is 3. The Morgan fingerprint density at radius 3 is 2.72 bits per heavy atom. The standard InChI is InChI=1S/C20H24N6O3/c1-4-14-7-5-6-8-16(14)22-20-24-17(23-19(21)25-20)11-28-18(27)10-9-15-12(2)26-29-13(15)3/h5-8H,4,9-11H2,1-3H3,(H3,21,22,23,24,25). The molecule has 3 aromatic rings. The summed E-state index contributed by atoms with van der Waals surface area (Å²) in [6.45, 7) is 5.64. The third-order valence-electron chi connectivity index (χ3n) is 4.47. The molecule has 152 valence electrons. The first-order valence-corrected chi connectivity index (χ1v) is 9.39. The zero-order valence-electron chi connectivity index (χ0n) is 16.7. The Labute approximate surface area is 168 Å². The minimum Gasteiger partial charge on any atom is -0.457 e. The Kier molecular flexibility index (Phi) is 6.38. The number of benzene rings is 1. The number of rotatable bonds is 8. The fourth-order valence-electron chi connectivity index (χ4n) is 2.93. The van der Waals surface area contributed by atoms with Crippen LogP contribution in [0.3, 0.4) is 0 Å². The van der Waals surface area contributed by atoms with Crippen LogP contribution in [0, 0.1) is 13.8 Å². The van der Waals surface area contributed by atoms with Gasteiger partial charge in [-0.2, -0.15) is 15.0 Å². The average Bonchev–Trinajstić information content (AvgIpc) is 3.02. The molecule has 0 aliphatic carbocycles. The Bertz CT molecular complexity index is 982. The molecule has 0 fully saturated rings. The van der Waals surface area contributed by atoms with Crippen molar-refractivity contribution in [2.45, 2.75) is 46.6 Å². The molecule has 0 bridgehead atoms. The molecule has 0 atom stereocenters. The summed E-state index contributed by atoms with van der Waals surface area (Å²) >= 11 is 0. The maximum Gasteiger partial charge on any atom is 0.306 e. The van der Waals surface area contributed by atoms with Crippen LogP contribution in [0.5, 0.6) is 0 Å². The van der Waals surface area contributed by atoms with Gasteiger partial charge in [-0.05, 0) is 38.3 Å². The maximum absolute atomic E-state index is 12.1. The highest BCUT2D eigenvalue weighted by atomic mass is 16.5. The molecular weight excluding hydrogens is 372 g/mol. The molecule has 29 heavy (non-hydrogen) atoms. The predicted octanol–water partition coefficient (Wildman–Crippen LogP) is 3.04. The lowest BCUT2D eigenvalue weighted by Crippen LogP contribution is -2.12. The monoisotopic (exact) mass is 396 g/mol. The second-order valence-corrected chi connectivity index (χ2v) is 6.53. The minimum atomic E-state index is -0.366. The molecular formula is C20H24N6O3. The second-order valence-electron chi connectivity index (χ2n) is 6.53. The van der Waals surface area contributed by atoms with E-state index in [0.29, 0.717) is 18.1 Å². The third kappa shape index (κ3) is 5.28. The summed E-state index contributed by atoms with van der Waals surface area (Å²) in [5.41, 5.74) is 9.51. The lowest BCUT2D eigenvalue weighted by molar-refractivity contribution is -0.145. The molecule has 9 nitrogen and oxygen atoms in total. The first-order valence-electron chi connectivity index (χ1n) is 9.39. The van der Waals surface area contributed by atoms with Crippen molar-refractivity contribution in [3.05, 3.63) is 52.7 Å². The van der Waals surface area contributed by atoms with Gasteiger partial charge in [-0.1, -0.05) is 30.3 Å². The molecule has 3 N–H and O–H groups in total. The zero-order chi connectivity index (χ0) is 20.8. The smallest absolute Gasteiger partial charge is 0.306 e. The van der Waals surface area contributed by atoms with Gasteiger partial charge in [-0.3, -0.25) is 4.79 Å². The lowest BCUT2D eigenvalue weighted by atomic mass is 10.1. The fraction of sp³-hybridized carbons (Fsp3) is 0.350. The summed E-state index contributed by atoms with van der Waals surface area (Å²) in [4.78, 5) is 24.5. The Morgan fingerprint density at radius 1 is 1.21 bits per heavy atom. The topological polar surface area (TPSA) is 129 Å². The SMILES string of the molecule is CCc1ccccc1Nc1nc(N)nc(COC(=O)CCc2c(C)noc2C)n1. The Balaban J connectivity index is 1.60. The van der Waals surface area contributed by atoms with Crippen molar-refractivity contribution in [3.8, 4) is 0 Å². The number of ether oxygens (including phenoxy) is 1. The number of para-hydroxylation sites is 1. The molecule has 0 aliphatic heterocycles. The van der Waals surface area contributed by atoms with E-state index in [9.17, 15) is 4.79 Å². The van der Waals surface area contributed by atoms with Crippen molar-refractivity contribution in [1.29, 1.82) is 0 Å². The number of aromatic nitrogens is 4. The van der Waals surface area contributed by atoms with Crippen molar-refractivity contribution in [1.82, 2.24) is 20.1 Å². The van der Waals surface area contributed by atoms with E-state index >= 15 is 0 Å². The van der Waals surface area contributed by atoms with Gasteiger partial charge < -0.3 is 20.3 Å². The first-order chi connectivity index (χ1) is 14.0. The molecule has 0 radical (unpaired) electrons. The molecule has 9 heteroatoms. The number of nitrogen functional groups attached to an aromatic ring is 1. The van der Waals surface area contributed by atoms with Crippen LogP contribution in [-0.2, 0) is 29.0 Å². The number of carbonyl (C=O) groups is 1. The predicted molar refractivity (Wildman–Crippen MR) is 107 cm³/mol. The van der Waals surface area contributed by atoms with Gasteiger partial charge in [0.25, 0.3) is 0 Å². The van der Waals surface area contributed by atoms with E-state index in [0.717, 1.165) is 28.9 Å². The van der Waals surface area contributed by atoms with Gasteiger partial charge in [-0.15, -0.1) is 0 Å². The summed E-state index contributed by atoms with van der Waals surface area (Å²) in [7, 11) is 0. The van der Waals surface area contributed by atoms with Crippen LogP contribution in [0.1, 0.15) is 41.8 Å². The highest BCUT2D eigenvalue weighted by Crippen LogP contribution is 2.19. The highest BCUT2D eigenvalue weighted by molar-refractivity contribution is 5.69. The molecule has 2 heterocycles. The Morgan fingerprint density at radius 2 is 2.00 bits per heavy atom. The van der Waals surface area contributed by atoms with Crippen molar-refractivity contribution < 1.29 is 14.1 Å². The van der Waals surface area contributed by atoms with Crippen LogP contribution in [-0.4, -0.2) is 26.1 Å². The maximum atomic E-state index is 12.1. The van der Waals surface area contributed by atoms with E-state index in [1.807, 2.05) is 38.1 Å². The van der Waals surface area contributed by atoms with E-state index < -0.39 is 0 Å².